The Kier molecular flexibility index (Phi) is 5.95. The number of hydrogen-bond acceptors (Lipinski definition) is 4. The molecule has 1 aromatic carbocycles. The van der Waals surface area contributed by atoms with Crippen LogP contribution in [0.15, 0.2) is 18.2 Å². The Morgan fingerprint density at radius 2 is 1.96 bits per heavy atom. The number of aromatic nitrogens is 1. The summed E-state index contributed by atoms with van der Waals surface area (Å²) in [7, 11) is 0. The van der Waals surface area contributed by atoms with Gasteiger partial charge in [0, 0.05) is 18.5 Å². The van der Waals surface area contributed by atoms with Gasteiger partial charge in [-0.3, -0.25) is 0 Å². The topological polar surface area (TPSA) is 28.2 Å². The molecule has 7 heteroatoms. The lowest BCUT2D eigenvalue weighted by molar-refractivity contribution is -0.138. The van der Waals surface area contributed by atoms with Gasteiger partial charge in [0.15, 0.2) is 0 Å². The first-order chi connectivity index (χ1) is 13.4. The summed E-state index contributed by atoms with van der Waals surface area (Å²) in [5, 5.41) is 4.78. The van der Waals surface area contributed by atoms with Crippen LogP contribution in [0.4, 0.5) is 13.2 Å². The molecule has 2 atom stereocenters. The molecule has 0 aliphatic carbocycles. The Labute approximate surface area is 168 Å². The van der Waals surface area contributed by atoms with Crippen LogP contribution in [0.25, 0.3) is 10.2 Å². The molecule has 3 heterocycles. The van der Waals surface area contributed by atoms with Crippen molar-refractivity contribution in [3.8, 4) is 0 Å². The zero-order valence-corrected chi connectivity index (χ0v) is 17.1. The van der Waals surface area contributed by atoms with E-state index in [1.807, 2.05) is 4.90 Å². The Hall–Kier alpha value is -1.18. The van der Waals surface area contributed by atoms with Gasteiger partial charge < -0.3 is 10.2 Å². The third-order valence-electron chi connectivity index (χ3n) is 6.14. The second kappa shape index (κ2) is 8.28. The Morgan fingerprint density at radius 3 is 2.64 bits per heavy atom. The Bertz CT molecular complexity index is 788. The van der Waals surface area contributed by atoms with Crippen molar-refractivity contribution in [3.63, 3.8) is 0 Å². The van der Waals surface area contributed by atoms with Gasteiger partial charge in [0.25, 0.3) is 0 Å². The molecule has 1 N–H and O–H groups in total. The van der Waals surface area contributed by atoms with Crippen LogP contribution in [0.1, 0.15) is 61.6 Å². The predicted molar refractivity (Wildman–Crippen MR) is 108 cm³/mol. The monoisotopic (exact) mass is 411 g/mol. The SMILES string of the molecule is C[C@H]1CC[C@H](c2ccc3sc(C4CCN(CCC(F)(F)F)CC4)nc3c2)NC1. The third kappa shape index (κ3) is 4.86. The van der Waals surface area contributed by atoms with Crippen LogP contribution in [-0.2, 0) is 0 Å². The lowest BCUT2D eigenvalue weighted by atomic mass is 9.92. The molecule has 4 rings (SSSR count). The summed E-state index contributed by atoms with van der Waals surface area (Å²) in [5.74, 6) is 1.12. The van der Waals surface area contributed by atoms with Gasteiger partial charge in [-0.1, -0.05) is 13.0 Å². The van der Waals surface area contributed by atoms with E-state index in [2.05, 4.69) is 30.4 Å². The van der Waals surface area contributed by atoms with Gasteiger partial charge in [-0.2, -0.15) is 13.2 Å². The molecule has 3 nitrogen and oxygen atoms in total. The normalized spacial score (nSPS) is 25.4. The zero-order chi connectivity index (χ0) is 19.7. The zero-order valence-electron chi connectivity index (χ0n) is 16.3. The minimum atomic E-state index is -4.06. The van der Waals surface area contributed by atoms with Crippen LogP contribution in [-0.4, -0.2) is 42.2 Å². The van der Waals surface area contributed by atoms with E-state index in [-0.39, 0.29) is 6.54 Å². The first-order valence-electron chi connectivity index (χ1n) is 10.3. The maximum absolute atomic E-state index is 12.4. The number of hydrogen-bond donors (Lipinski definition) is 1. The number of likely N-dealkylation sites (tertiary alicyclic amines) is 1. The fraction of sp³-hybridized carbons (Fsp3) is 0.667. The van der Waals surface area contributed by atoms with Crippen molar-refractivity contribution in [3.05, 3.63) is 28.8 Å². The van der Waals surface area contributed by atoms with Crippen LogP contribution in [0.2, 0.25) is 0 Å². The minimum Gasteiger partial charge on any atom is -0.310 e. The van der Waals surface area contributed by atoms with Crippen molar-refractivity contribution >= 4 is 21.6 Å². The van der Waals surface area contributed by atoms with E-state index in [0.29, 0.717) is 12.0 Å². The third-order valence-corrected chi connectivity index (χ3v) is 7.34. The fourth-order valence-corrected chi connectivity index (χ4v) is 5.44. The molecule has 0 amide bonds. The summed E-state index contributed by atoms with van der Waals surface area (Å²) < 4.78 is 38.5. The van der Waals surface area contributed by atoms with Crippen molar-refractivity contribution in [1.82, 2.24) is 15.2 Å². The highest BCUT2D eigenvalue weighted by molar-refractivity contribution is 7.18. The van der Waals surface area contributed by atoms with Crippen molar-refractivity contribution in [2.24, 2.45) is 5.92 Å². The summed E-state index contributed by atoms with van der Waals surface area (Å²) in [4.78, 5) is 6.85. The molecular formula is C21H28F3N3S. The smallest absolute Gasteiger partial charge is 0.310 e. The lowest BCUT2D eigenvalue weighted by Crippen LogP contribution is -2.35. The summed E-state index contributed by atoms with van der Waals surface area (Å²) in [5.41, 5.74) is 2.38. The van der Waals surface area contributed by atoms with Gasteiger partial charge in [-0.15, -0.1) is 11.3 Å². The van der Waals surface area contributed by atoms with Gasteiger partial charge in [-0.25, -0.2) is 4.98 Å². The molecule has 2 aliphatic heterocycles. The highest BCUT2D eigenvalue weighted by Gasteiger charge is 2.30. The van der Waals surface area contributed by atoms with Crippen LogP contribution >= 0.6 is 11.3 Å². The maximum Gasteiger partial charge on any atom is 0.390 e. The average molecular weight is 412 g/mol. The molecule has 2 fully saturated rings. The van der Waals surface area contributed by atoms with E-state index >= 15 is 0 Å². The Morgan fingerprint density at radius 1 is 1.18 bits per heavy atom. The van der Waals surface area contributed by atoms with E-state index in [4.69, 9.17) is 4.98 Å². The minimum absolute atomic E-state index is 0.117. The number of thiazole rings is 1. The van der Waals surface area contributed by atoms with Gasteiger partial charge in [0.2, 0.25) is 0 Å². The average Bonchev–Trinajstić information content (AvgIpc) is 3.10. The largest absolute Gasteiger partial charge is 0.390 e. The van der Waals surface area contributed by atoms with E-state index in [0.717, 1.165) is 48.9 Å². The first-order valence-corrected chi connectivity index (χ1v) is 11.1. The summed E-state index contributed by atoms with van der Waals surface area (Å²) in [6, 6.07) is 7.05. The molecule has 0 spiro atoms. The Balaban J connectivity index is 1.38. The number of nitrogens with one attached hydrogen (secondary N) is 1. The lowest BCUT2D eigenvalue weighted by Gasteiger charge is -2.31. The molecule has 0 unspecified atom stereocenters. The molecule has 154 valence electrons. The quantitative estimate of drug-likeness (QED) is 0.721. The molecule has 2 aromatic rings. The predicted octanol–water partition coefficient (Wildman–Crippen LogP) is 5.49. The fourth-order valence-electron chi connectivity index (χ4n) is 4.33. The number of nitrogens with zero attached hydrogens (tertiary/aromatic N) is 2. The number of alkyl halides is 3. The number of piperidine rings is 2. The second-order valence-electron chi connectivity index (χ2n) is 8.40. The van der Waals surface area contributed by atoms with Crippen LogP contribution in [0.3, 0.4) is 0 Å². The van der Waals surface area contributed by atoms with Crippen LogP contribution < -0.4 is 5.32 Å². The van der Waals surface area contributed by atoms with E-state index in [1.165, 1.54) is 23.1 Å². The number of halogens is 3. The first kappa shape index (κ1) is 20.1. The summed E-state index contributed by atoms with van der Waals surface area (Å²) >= 11 is 1.75. The van der Waals surface area contributed by atoms with Gasteiger partial charge in [0.1, 0.15) is 0 Å². The van der Waals surface area contributed by atoms with Crippen molar-refractivity contribution in [1.29, 1.82) is 0 Å². The maximum atomic E-state index is 12.4. The highest BCUT2D eigenvalue weighted by atomic mass is 32.1. The van der Waals surface area contributed by atoms with Crippen LogP contribution in [0, 0.1) is 5.92 Å². The molecule has 0 saturated carbocycles. The molecule has 28 heavy (non-hydrogen) atoms. The molecule has 0 bridgehead atoms. The molecule has 2 saturated heterocycles. The van der Waals surface area contributed by atoms with E-state index in [1.54, 1.807) is 11.3 Å². The van der Waals surface area contributed by atoms with Gasteiger partial charge in [-0.05, 0) is 68.9 Å². The van der Waals surface area contributed by atoms with Crippen molar-refractivity contribution in [2.75, 3.05) is 26.2 Å². The van der Waals surface area contributed by atoms with Gasteiger partial charge >= 0.3 is 6.18 Å². The van der Waals surface area contributed by atoms with Crippen LogP contribution in [0.5, 0.6) is 0 Å². The van der Waals surface area contributed by atoms with Gasteiger partial charge in [0.05, 0.1) is 21.6 Å². The van der Waals surface area contributed by atoms with Crippen molar-refractivity contribution in [2.45, 2.75) is 57.2 Å². The van der Waals surface area contributed by atoms with E-state index in [9.17, 15) is 13.2 Å². The molecule has 0 radical (unpaired) electrons. The highest BCUT2D eigenvalue weighted by Crippen LogP contribution is 2.36. The second-order valence-corrected chi connectivity index (χ2v) is 9.47. The number of fused-ring (bicyclic) bond motifs is 1. The molecule has 1 aromatic heterocycles. The van der Waals surface area contributed by atoms with Crippen molar-refractivity contribution < 1.29 is 13.2 Å². The molecular weight excluding hydrogens is 383 g/mol. The summed E-state index contributed by atoms with van der Waals surface area (Å²) in [6.07, 6.45) is -0.563. The standard InChI is InChI=1S/C21H28F3N3S/c1-14-2-4-17(25-13-14)16-3-5-19-18(12-16)26-20(28-19)15-6-9-27(10-7-15)11-8-21(22,23)24/h3,5,12,14-15,17,25H,2,4,6-11,13H2,1H3/t14-,17+/m0/s1. The number of benzene rings is 1. The molecule has 2 aliphatic rings. The number of rotatable bonds is 4. The van der Waals surface area contributed by atoms with E-state index < -0.39 is 12.6 Å². The summed E-state index contributed by atoms with van der Waals surface area (Å²) in [6.45, 7) is 4.93.